The summed E-state index contributed by atoms with van der Waals surface area (Å²) in [5.41, 5.74) is -0.134. The van der Waals surface area contributed by atoms with E-state index in [0.717, 1.165) is 30.2 Å². The van der Waals surface area contributed by atoms with Crippen LogP contribution in [0.25, 0.3) is 0 Å². The molecule has 2 heterocycles. The predicted octanol–water partition coefficient (Wildman–Crippen LogP) is 4.16. The Morgan fingerprint density at radius 2 is 2.09 bits per heavy atom. The summed E-state index contributed by atoms with van der Waals surface area (Å²) in [5, 5.41) is 3.27. The van der Waals surface area contributed by atoms with E-state index in [1.165, 1.54) is 0 Å². The molecule has 0 aromatic carbocycles. The van der Waals surface area contributed by atoms with Gasteiger partial charge in [-0.1, -0.05) is 34.1 Å². The lowest BCUT2D eigenvalue weighted by molar-refractivity contribution is 0.294. The molecule has 1 N–H and O–H groups in total. The van der Waals surface area contributed by atoms with Gasteiger partial charge in [-0.2, -0.15) is 4.98 Å². The number of hydrogen-bond donors (Lipinski definition) is 1. The van der Waals surface area contributed by atoms with Crippen LogP contribution in [0.2, 0.25) is 0 Å². The molecule has 0 aliphatic rings. The molecule has 2 rings (SSSR count). The first-order chi connectivity index (χ1) is 10.5. The van der Waals surface area contributed by atoms with Crippen LogP contribution in [0.3, 0.4) is 0 Å². The molecule has 0 radical (unpaired) electrons. The average Bonchev–Trinajstić information content (AvgIpc) is 2.98. The Morgan fingerprint density at radius 1 is 1.27 bits per heavy atom. The Labute approximate surface area is 132 Å². The van der Waals surface area contributed by atoms with Crippen LogP contribution in [0.4, 0.5) is 5.82 Å². The number of furan rings is 1. The molecule has 22 heavy (non-hydrogen) atoms. The summed E-state index contributed by atoms with van der Waals surface area (Å²) >= 11 is 0. The van der Waals surface area contributed by atoms with Crippen LogP contribution in [0.5, 0.6) is 5.88 Å². The second kappa shape index (κ2) is 7.29. The van der Waals surface area contributed by atoms with Crippen LogP contribution in [-0.2, 0) is 12.0 Å². The molecule has 2 aromatic rings. The maximum atomic E-state index is 5.75. The summed E-state index contributed by atoms with van der Waals surface area (Å²) in [6, 6.07) is 5.64. The van der Waals surface area contributed by atoms with Gasteiger partial charge in [-0.15, -0.1) is 0 Å². The summed E-state index contributed by atoms with van der Waals surface area (Å²) in [6.45, 7) is 9.67. The Balaban J connectivity index is 2.14. The highest BCUT2D eigenvalue weighted by Crippen LogP contribution is 2.23. The lowest BCUT2D eigenvalue weighted by Gasteiger charge is -2.19. The van der Waals surface area contributed by atoms with Crippen LogP contribution in [0, 0.1) is 0 Å². The van der Waals surface area contributed by atoms with Crippen molar-refractivity contribution >= 4 is 5.82 Å². The lowest BCUT2D eigenvalue weighted by Crippen LogP contribution is -2.18. The molecular weight excluding hydrogens is 278 g/mol. The Kier molecular flexibility index (Phi) is 5.41. The van der Waals surface area contributed by atoms with Crippen LogP contribution in [-0.4, -0.2) is 16.6 Å². The van der Waals surface area contributed by atoms with Crippen LogP contribution >= 0.6 is 0 Å². The molecule has 0 aliphatic carbocycles. The molecular formula is C17H25N3O2. The van der Waals surface area contributed by atoms with Crippen LogP contribution in [0.1, 0.15) is 52.1 Å². The lowest BCUT2D eigenvalue weighted by atomic mass is 9.96. The zero-order valence-corrected chi connectivity index (χ0v) is 13.8. The Hall–Kier alpha value is -2.04. The molecule has 5 nitrogen and oxygen atoms in total. The van der Waals surface area contributed by atoms with E-state index in [4.69, 9.17) is 9.15 Å². The van der Waals surface area contributed by atoms with Crippen LogP contribution in [0.15, 0.2) is 28.9 Å². The molecule has 0 fully saturated rings. The Bertz CT molecular complexity index is 574. The van der Waals surface area contributed by atoms with E-state index in [1.54, 1.807) is 6.26 Å². The van der Waals surface area contributed by atoms with Crippen molar-refractivity contribution in [2.24, 2.45) is 0 Å². The second-order valence-corrected chi connectivity index (χ2v) is 6.30. The van der Waals surface area contributed by atoms with Crippen molar-refractivity contribution in [1.29, 1.82) is 0 Å². The minimum Gasteiger partial charge on any atom is -0.478 e. The van der Waals surface area contributed by atoms with Gasteiger partial charge in [0.05, 0.1) is 19.4 Å². The van der Waals surface area contributed by atoms with Crippen molar-refractivity contribution in [1.82, 2.24) is 9.97 Å². The van der Waals surface area contributed by atoms with Crippen molar-refractivity contribution in [3.63, 3.8) is 0 Å². The molecule has 0 saturated heterocycles. The van der Waals surface area contributed by atoms with Gasteiger partial charge < -0.3 is 14.5 Å². The molecule has 0 bridgehead atoms. The number of ether oxygens (including phenoxy) is 1. The van der Waals surface area contributed by atoms with Gasteiger partial charge in [0.1, 0.15) is 17.4 Å². The zero-order chi connectivity index (χ0) is 16.0. The third-order valence-corrected chi connectivity index (χ3v) is 3.15. The summed E-state index contributed by atoms with van der Waals surface area (Å²) in [6.07, 6.45) is 3.78. The SMILES string of the molecule is CCCCOc1cc(NCc2ccco2)nc(C(C)(C)C)n1. The summed E-state index contributed by atoms with van der Waals surface area (Å²) in [7, 11) is 0. The van der Waals surface area contributed by atoms with Crippen molar-refractivity contribution in [2.45, 2.75) is 52.5 Å². The van der Waals surface area contributed by atoms with Gasteiger partial charge in [0.25, 0.3) is 0 Å². The molecule has 120 valence electrons. The van der Waals surface area contributed by atoms with Gasteiger partial charge in [-0.3, -0.25) is 0 Å². The highest BCUT2D eigenvalue weighted by atomic mass is 16.5. The van der Waals surface area contributed by atoms with Gasteiger partial charge in [-0.25, -0.2) is 4.98 Å². The topological polar surface area (TPSA) is 60.2 Å². The van der Waals surface area contributed by atoms with E-state index in [1.807, 2.05) is 18.2 Å². The fourth-order valence-corrected chi connectivity index (χ4v) is 1.84. The smallest absolute Gasteiger partial charge is 0.218 e. The van der Waals surface area contributed by atoms with Gasteiger partial charge >= 0.3 is 0 Å². The van der Waals surface area contributed by atoms with E-state index >= 15 is 0 Å². The summed E-state index contributed by atoms with van der Waals surface area (Å²) in [4.78, 5) is 9.11. The van der Waals surface area contributed by atoms with Crippen molar-refractivity contribution in [2.75, 3.05) is 11.9 Å². The molecule has 0 spiro atoms. The highest BCUT2D eigenvalue weighted by molar-refractivity contribution is 5.39. The van der Waals surface area contributed by atoms with E-state index in [9.17, 15) is 0 Å². The first-order valence-corrected chi connectivity index (χ1v) is 7.77. The maximum Gasteiger partial charge on any atom is 0.218 e. The second-order valence-electron chi connectivity index (χ2n) is 6.30. The number of nitrogens with one attached hydrogen (secondary N) is 1. The Morgan fingerprint density at radius 3 is 2.73 bits per heavy atom. The summed E-state index contributed by atoms with van der Waals surface area (Å²) in [5.74, 6) is 3.01. The van der Waals surface area contributed by atoms with Crippen molar-refractivity contribution < 1.29 is 9.15 Å². The van der Waals surface area contributed by atoms with E-state index < -0.39 is 0 Å². The van der Waals surface area contributed by atoms with Gasteiger partial charge in [0, 0.05) is 11.5 Å². The standard InChI is InChI=1S/C17H25N3O2/c1-5-6-9-22-15-11-14(18-12-13-8-7-10-21-13)19-16(20-15)17(2,3)4/h7-8,10-11H,5-6,9,12H2,1-4H3,(H,18,19,20). The summed E-state index contributed by atoms with van der Waals surface area (Å²) < 4.78 is 11.1. The fraction of sp³-hybridized carbons (Fsp3) is 0.529. The van der Waals surface area contributed by atoms with Gasteiger partial charge in [0.15, 0.2) is 0 Å². The number of hydrogen-bond acceptors (Lipinski definition) is 5. The van der Waals surface area contributed by atoms with Gasteiger partial charge in [0.2, 0.25) is 5.88 Å². The average molecular weight is 303 g/mol. The molecule has 0 atom stereocenters. The van der Waals surface area contributed by atoms with E-state index in [-0.39, 0.29) is 5.41 Å². The fourth-order valence-electron chi connectivity index (χ4n) is 1.84. The number of nitrogens with zero attached hydrogens (tertiary/aromatic N) is 2. The minimum atomic E-state index is -0.134. The third-order valence-electron chi connectivity index (χ3n) is 3.15. The number of rotatable bonds is 7. The van der Waals surface area contributed by atoms with E-state index in [0.29, 0.717) is 19.0 Å². The predicted molar refractivity (Wildman–Crippen MR) is 87.2 cm³/mol. The molecule has 0 aliphatic heterocycles. The number of anilines is 1. The van der Waals surface area contributed by atoms with E-state index in [2.05, 4.69) is 43.0 Å². The molecule has 0 amide bonds. The quantitative estimate of drug-likeness (QED) is 0.778. The zero-order valence-electron chi connectivity index (χ0n) is 13.8. The number of unbranched alkanes of at least 4 members (excludes halogenated alkanes) is 1. The minimum absolute atomic E-state index is 0.134. The monoisotopic (exact) mass is 303 g/mol. The van der Waals surface area contributed by atoms with Gasteiger partial charge in [-0.05, 0) is 18.6 Å². The maximum absolute atomic E-state index is 5.75. The van der Waals surface area contributed by atoms with Crippen molar-refractivity contribution in [3.05, 3.63) is 36.0 Å². The molecule has 0 unspecified atom stereocenters. The highest BCUT2D eigenvalue weighted by Gasteiger charge is 2.19. The first kappa shape index (κ1) is 16.3. The largest absolute Gasteiger partial charge is 0.478 e. The third kappa shape index (κ3) is 4.76. The number of aromatic nitrogens is 2. The molecule has 0 saturated carbocycles. The van der Waals surface area contributed by atoms with Crippen LogP contribution < -0.4 is 10.1 Å². The first-order valence-electron chi connectivity index (χ1n) is 7.77. The molecule has 2 aromatic heterocycles. The normalized spacial score (nSPS) is 11.5. The van der Waals surface area contributed by atoms with Crippen molar-refractivity contribution in [3.8, 4) is 5.88 Å². The molecule has 5 heteroatoms.